The standard InChI is InChI=1S/C71H29N13/c72-30-41-1-9-57(53(18-41)36-78)47-5-13-66-61(24-47)62-25-48(58-10-2-42(31-73)19-54(58)37-79)6-14-67(62)83(66)70-28-52(51-22-45(34-76)17-46(23-51)35-77)29-71(65(70)40-82)84-68-15-7-49(59-11-3-43(32-74)20-55(59)38-80)26-63(68)64-27-50(8-16-69(64)84)60-12-4-44(33-75)21-56(60)39-81/h1-29H. The highest BCUT2D eigenvalue weighted by molar-refractivity contribution is 6.14. The number of fused-ring (bicyclic) bond motifs is 6. The first-order valence-corrected chi connectivity index (χ1v) is 25.6. The molecule has 0 atom stereocenters. The molecule has 0 N–H and O–H groups in total. The molecule has 2 aromatic heterocycles. The molecule has 13 heteroatoms. The first kappa shape index (κ1) is 51.0. The smallest absolute Gasteiger partial charge is 0.104 e. The van der Waals surface area contributed by atoms with Crippen molar-refractivity contribution in [1.82, 2.24) is 9.13 Å². The zero-order chi connectivity index (χ0) is 58.3. The van der Waals surface area contributed by atoms with Gasteiger partial charge in [-0.1, -0.05) is 48.5 Å². The van der Waals surface area contributed by atoms with Gasteiger partial charge in [-0.15, -0.1) is 0 Å². The molecule has 10 aromatic carbocycles. The molecule has 0 radical (unpaired) electrons. The summed E-state index contributed by atoms with van der Waals surface area (Å²) in [6.45, 7) is 0. The van der Waals surface area contributed by atoms with Gasteiger partial charge in [0.2, 0.25) is 0 Å². The van der Waals surface area contributed by atoms with Crippen LogP contribution in [0.3, 0.4) is 0 Å². The fraction of sp³-hybridized carbons (Fsp3) is 0. The molecule has 13 nitrogen and oxygen atoms in total. The Balaban J connectivity index is 1.21. The van der Waals surface area contributed by atoms with Crippen LogP contribution in [0.4, 0.5) is 0 Å². The monoisotopic (exact) mass is 1060 g/mol. The van der Waals surface area contributed by atoms with E-state index in [1.807, 2.05) is 94.1 Å². The normalized spacial score (nSPS) is 10.5. The van der Waals surface area contributed by atoms with Crippen LogP contribution < -0.4 is 0 Å². The second-order valence-corrected chi connectivity index (χ2v) is 19.6. The van der Waals surface area contributed by atoms with Crippen LogP contribution in [0.5, 0.6) is 0 Å². The van der Waals surface area contributed by atoms with Gasteiger partial charge >= 0.3 is 0 Å². The highest BCUT2D eigenvalue weighted by atomic mass is 15.0. The van der Waals surface area contributed by atoms with E-state index in [0.29, 0.717) is 133 Å². The predicted octanol–water partition coefficient (Wildman–Crippen LogP) is 14.8. The molecular weight excluding hydrogens is 1030 g/mol. The van der Waals surface area contributed by atoms with Crippen molar-refractivity contribution in [1.29, 1.82) is 57.9 Å². The number of hydrogen-bond acceptors (Lipinski definition) is 11. The van der Waals surface area contributed by atoms with Crippen molar-refractivity contribution in [2.45, 2.75) is 0 Å². The van der Waals surface area contributed by atoms with Gasteiger partial charge in [-0.05, 0) is 183 Å². The second kappa shape index (κ2) is 20.5. The summed E-state index contributed by atoms with van der Waals surface area (Å²) < 4.78 is 3.92. The first-order valence-electron chi connectivity index (χ1n) is 25.6. The van der Waals surface area contributed by atoms with E-state index < -0.39 is 0 Å². The molecule has 0 bridgehead atoms. The molecule has 0 fully saturated rings. The van der Waals surface area contributed by atoms with Gasteiger partial charge in [0.05, 0.1) is 150 Å². The van der Waals surface area contributed by atoms with Crippen molar-refractivity contribution in [3.63, 3.8) is 0 Å². The molecule has 0 unspecified atom stereocenters. The van der Waals surface area contributed by atoms with Crippen LogP contribution in [0.15, 0.2) is 176 Å². The molecule has 0 saturated heterocycles. The third-order valence-corrected chi connectivity index (χ3v) is 15.1. The predicted molar refractivity (Wildman–Crippen MR) is 314 cm³/mol. The highest BCUT2D eigenvalue weighted by Crippen LogP contribution is 2.44. The molecule has 12 aromatic rings. The van der Waals surface area contributed by atoms with Crippen molar-refractivity contribution in [2.75, 3.05) is 0 Å². The average Bonchev–Trinajstić information content (AvgIpc) is 1.93. The Hall–Kier alpha value is -13.8. The number of aromatic nitrogens is 2. The Morgan fingerprint density at radius 1 is 0.214 bits per heavy atom. The van der Waals surface area contributed by atoms with Crippen molar-refractivity contribution < 1.29 is 0 Å². The van der Waals surface area contributed by atoms with Gasteiger partial charge < -0.3 is 9.13 Å². The van der Waals surface area contributed by atoms with Gasteiger partial charge in [0, 0.05) is 21.5 Å². The second-order valence-electron chi connectivity index (χ2n) is 19.6. The van der Waals surface area contributed by atoms with Crippen LogP contribution in [-0.4, -0.2) is 9.13 Å². The minimum absolute atomic E-state index is 0.199. The number of hydrogen-bond donors (Lipinski definition) is 0. The van der Waals surface area contributed by atoms with Gasteiger partial charge in [0.1, 0.15) is 11.6 Å². The number of benzene rings is 10. The van der Waals surface area contributed by atoms with Gasteiger partial charge in [0.15, 0.2) is 0 Å². The molecule has 0 aliphatic rings. The Morgan fingerprint density at radius 2 is 0.488 bits per heavy atom. The third-order valence-electron chi connectivity index (χ3n) is 15.1. The minimum Gasteiger partial charge on any atom is -0.308 e. The summed E-state index contributed by atoms with van der Waals surface area (Å²) in [6, 6.07) is 75.3. The zero-order valence-corrected chi connectivity index (χ0v) is 43.6. The Labute approximate surface area is 479 Å². The lowest BCUT2D eigenvalue weighted by molar-refractivity contribution is 1.12. The molecule has 0 amide bonds. The first-order chi connectivity index (χ1) is 41.1. The van der Waals surface area contributed by atoms with E-state index in [1.165, 1.54) is 30.3 Å². The number of nitrogens with zero attached hydrogens (tertiary/aromatic N) is 13. The topological polar surface area (TPSA) is 272 Å². The van der Waals surface area contributed by atoms with Gasteiger partial charge in [-0.25, -0.2) is 0 Å². The van der Waals surface area contributed by atoms with E-state index in [4.69, 9.17) is 0 Å². The van der Waals surface area contributed by atoms with Crippen molar-refractivity contribution in [3.05, 3.63) is 237 Å². The largest absolute Gasteiger partial charge is 0.308 e. The Bertz CT molecular complexity index is 4880. The van der Waals surface area contributed by atoms with E-state index in [9.17, 15) is 57.9 Å². The van der Waals surface area contributed by atoms with E-state index >= 15 is 0 Å². The average molecular weight is 1060 g/mol. The van der Waals surface area contributed by atoms with Crippen LogP contribution in [0.25, 0.3) is 111 Å². The lowest BCUT2D eigenvalue weighted by Crippen LogP contribution is -2.05. The summed E-state index contributed by atoms with van der Waals surface area (Å²) in [5.74, 6) is 0. The molecule has 12 rings (SSSR count). The Morgan fingerprint density at radius 3 is 0.738 bits per heavy atom. The molecule has 0 saturated carbocycles. The van der Waals surface area contributed by atoms with Crippen molar-refractivity contribution >= 4 is 43.6 Å². The summed E-state index contributed by atoms with van der Waals surface area (Å²) in [6.07, 6.45) is 0. The van der Waals surface area contributed by atoms with Gasteiger partial charge in [-0.2, -0.15) is 57.9 Å². The van der Waals surface area contributed by atoms with Crippen LogP contribution in [-0.2, 0) is 0 Å². The fourth-order valence-corrected chi connectivity index (χ4v) is 11.2. The van der Waals surface area contributed by atoms with Crippen LogP contribution in [0.2, 0.25) is 0 Å². The third kappa shape index (κ3) is 8.33. The van der Waals surface area contributed by atoms with E-state index in [2.05, 4.69) is 66.8 Å². The molecular formula is C71H29N13. The lowest BCUT2D eigenvalue weighted by Gasteiger charge is -2.19. The summed E-state index contributed by atoms with van der Waals surface area (Å²) in [4.78, 5) is 0. The van der Waals surface area contributed by atoms with Crippen molar-refractivity contribution in [2.24, 2.45) is 0 Å². The maximum absolute atomic E-state index is 11.9. The quantitative estimate of drug-likeness (QED) is 0.145. The van der Waals surface area contributed by atoms with Crippen LogP contribution >= 0.6 is 0 Å². The SMILES string of the molecule is N#Cc1cc(C#N)cc(-c2cc(-n3c4ccc(-c5ccc(C#N)cc5C#N)cc4c4cc(-c5ccc(C#N)cc5C#N)ccc43)c(C#N)c(-n3c4ccc(-c5ccc(C#N)cc5C#N)cc4c4cc(-c5ccc(C#N)cc5C#N)ccc43)c2)c1. The molecule has 0 aliphatic heterocycles. The summed E-state index contributed by atoms with van der Waals surface area (Å²) in [7, 11) is 0. The summed E-state index contributed by atoms with van der Waals surface area (Å²) >= 11 is 0. The molecule has 0 aliphatic carbocycles. The molecule has 84 heavy (non-hydrogen) atoms. The number of rotatable bonds is 7. The zero-order valence-electron chi connectivity index (χ0n) is 43.6. The maximum atomic E-state index is 11.9. The van der Waals surface area contributed by atoms with E-state index in [-0.39, 0.29) is 38.9 Å². The molecule has 2 heterocycles. The van der Waals surface area contributed by atoms with E-state index in [1.54, 1.807) is 60.7 Å². The lowest BCUT2D eigenvalue weighted by atomic mass is 9.95. The maximum Gasteiger partial charge on any atom is 0.104 e. The minimum atomic E-state index is 0.199. The summed E-state index contributed by atoms with van der Waals surface area (Å²) in [5.41, 5.74) is 12.3. The fourth-order valence-electron chi connectivity index (χ4n) is 11.2. The van der Waals surface area contributed by atoms with E-state index in [0.717, 1.165) is 0 Å². The van der Waals surface area contributed by atoms with Crippen LogP contribution in [0.1, 0.15) is 61.2 Å². The molecule has 378 valence electrons. The van der Waals surface area contributed by atoms with Gasteiger partial charge in [0.25, 0.3) is 0 Å². The number of nitriles is 11. The van der Waals surface area contributed by atoms with Crippen molar-refractivity contribution in [3.8, 4) is 134 Å². The van der Waals surface area contributed by atoms with Crippen LogP contribution in [0, 0.1) is 125 Å². The van der Waals surface area contributed by atoms with Gasteiger partial charge in [-0.3, -0.25) is 0 Å². The highest BCUT2D eigenvalue weighted by Gasteiger charge is 2.25. The Kier molecular flexibility index (Phi) is 12.5. The molecule has 0 spiro atoms. The summed E-state index contributed by atoms with van der Waals surface area (Å²) in [5, 5.41) is 116.